The predicted molar refractivity (Wildman–Crippen MR) is 67.7 cm³/mol. The molecule has 0 aromatic heterocycles. The zero-order valence-electron chi connectivity index (χ0n) is 9.73. The molecular weight excluding hydrogens is 246 g/mol. The number of hydrogen-bond acceptors (Lipinski definition) is 5. The summed E-state index contributed by atoms with van der Waals surface area (Å²) in [6.07, 6.45) is 0.138. The summed E-state index contributed by atoms with van der Waals surface area (Å²) in [5.41, 5.74) is 0. The van der Waals surface area contributed by atoms with Gasteiger partial charge in [-0.1, -0.05) is 0 Å². The molecule has 0 aliphatic carbocycles. The van der Waals surface area contributed by atoms with Crippen LogP contribution in [0, 0.1) is 0 Å². The summed E-state index contributed by atoms with van der Waals surface area (Å²) >= 11 is 1.74. The monoisotopic (exact) mass is 265 g/mol. The number of nitrogens with one attached hydrogen (secondary N) is 1. The molecule has 0 spiro atoms. The third kappa shape index (κ3) is 4.07. The first kappa shape index (κ1) is 14.0. The summed E-state index contributed by atoms with van der Waals surface area (Å²) in [6, 6.07) is -0.152. The van der Waals surface area contributed by atoms with Gasteiger partial charge in [0, 0.05) is 24.5 Å². The summed E-state index contributed by atoms with van der Waals surface area (Å²) in [6.45, 7) is 4.13. The topological polar surface area (TPSA) is 63.2 Å². The van der Waals surface area contributed by atoms with E-state index in [1.807, 2.05) is 0 Å². The fraction of sp³-hybridized carbons (Fsp3) is 0.900. The number of ketones is 1. The highest BCUT2D eigenvalue weighted by atomic mass is 32.2. The number of rotatable bonds is 5. The van der Waals surface area contributed by atoms with Gasteiger partial charge in [-0.3, -0.25) is 4.79 Å². The molecule has 0 saturated carbocycles. The second-order valence-corrected chi connectivity index (χ2v) is 8.04. The third-order valence-corrected chi connectivity index (χ3v) is 5.93. The van der Waals surface area contributed by atoms with E-state index in [9.17, 15) is 13.2 Å². The highest BCUT2D eigenvalue weighted by Gasteiger charge is 2.23. The standard InChI is InChI=1S/C10H19NO3S2/c1-8(2)16(13,14)6-3-10(12)9-7-15-5-4-11-9/h8-9,11H,3-7H2,1-2H3. The van der Waals surface area contributed by atoms with Crippen LogP contribution in [-0.2, 0) is 14.6 Å². The van der Waals surface area contributed by atoms with E-state index in [1.165, 1.54) is 0 Å². The maximum Gasteiger partial charge on any atom is 0.153 e. The lowest BCUT2D eigenvalue weighted by Crippen LogP contribution is -2.44. The van der Waals surface area contributed by atoms with Gasteiger partial charge in [-0.15, -0.1) is 0 Å². The van der Waals surface area contributed by atoms with Crippen molar-refractivity contribution in [3.8, 4) is 0 Å². The highest BCUT2D eigenvalue weighted by Crippen LogP contribution is 2.11. The fourth-order valence-electron chi connectivity index (χ4n) is 1.43. The summed E-state index contributed by atoms with van der Waals surface area (Å²) in [5.74, 6) is 1.79. The number of hydrogen-bond donors (Lipinski definition) is 1. The van der Waals surface area contributed by atoms with Gasteiger partial charge in [0.2, 0.25) is 0 Å². The Morgan fingerprint density at radius 3 is 2.69 bits per heavy atom. The average molecular weight is 265 g/mol. The van der Waals surface area contributed by atoms with Crippen LogP contribution < -0.4 is 5.32 Å². The van der Waals surface area contributed by atoms with E-state index < -0.39 is 15.1 Å². The first-order valence-electron chi connectivity index (χ1n) is 5.49. The molecule has 1 rings (SSSR count). The summed E-state index contributed by atoms with van der Waals surface area (Å²) in [7, 11) is -3.09. The molecule has 1 fully saturated rings. The Kier molecular flexibility index (Phi) is 5.27. The van der Waals surface area contributed by atoms with Gasteiger partial charge in [0.1, 0.15) is 0 Å². The van der Waals surface area contributed by atoms with Crippen LogP contribution in [0.15, 0.2) is 0 Å². The highest BCUT2D eigenvalue weighted by molar-refractivity contribution is 7.99. The quantitative estimate of drug-likeness (QED) is 0.783. The van der Waals surface area contributed by atoms with Crippen molar-refractivity contribution in [3.05, 3.63) is 0 Å². The van der Waals surface area contributed by atoms with Gasteiger partial charge in [0.15, 0.2) is 15.6 Å². The first-order chi connectivity index (χ1) is 7.43. The van der Waals surface area contributed by atoms with Crippen LogP contribution in [0.2, 0.25) is 0 Å². The Hall–Kier alpha value is -0.0700. The molecule has 0 radical (unpaired) electrons. The molecule has 4 nitrogen and oxygen atoms in total. The van der Waals surface area contributed by atoms with E-state index in [0.717, 1.165) is 18.1 Å². The van der Waals surface area contributed by atoms with Crippen LogP contribution >= 0.6 is 11.8 Å². The molecule has 1 unspecified atom stereocenters. The number of Topliss-reactive ketones (excluding diaryl/α,β-unsaturated/α-hetero) is 1. The first-order valence-corrected chi connectivity index (χ1v) is 8.36. The van der Waals surface area contributed by atoms with Crippen LogP contribution in [0.1, 0.15) is 20.3 Å². The maximum atomic E-state index is 11.7. The average Bonchev–Trinajstić information content (AvgIpc) is 2.27. The smallest absolute Gasteiger partial charge is 0.153 e. The predicted octanol–water partition coefficient (Wildman–Crippen LogP) is 0.474. The lowest BCUT2D eigenvalue weighted by atomic mass is 10.1. The van der Waals surface area contributed by atoms with Crippen molar-refractivity contribution in [3.63, 3.8) is 0 Å². The van der Waals surface area contributed by atoms with Crippen molar-refractivity contribution in [2.45, 2.75) is 31.6 Å². The molecule has 1 heterocycles. The molecule has 16 heavy (non-hydrogen) atoms. The zero-order chi connectivity index (χ0) is 12.2. The summed E-state index contributed by atoms with van der Waals surface area (Å²) in [4.78, 5) is 11.7. The van der Waals surface area contributed by atoms with Crippen molar-refractivity contribution >= 4 is 27.4 Å². The van der Waals surface area contributed by atoms with Gasteiger partial charge < -0.3 is 5.32 Å². The molecule has 1 aliphatic rings. The van der Waals surface area contributed by atoms with E-state index in [4.69, 9.17) is 0 Å². The van der Waals surface area contributed by atoms with Crippen LogP contribution in [-0.4, -0.2) is 49.3 Å². The SMILES string of the molecule is CC(C)S(=O)(=O)CCC(=O)C1CSCCN1. The van der Waals surface area contributed by atoms with Crippen molar-refractivity contribution in [2.24, 2.45) is 0 Å². The van der Waals surface area contributed by atoms with Crippen LogP contribution in [0.3, 0.4) is 0 Å². The van der Waals surface area contributed by atoms with Crippen LogP contribution in [0.4, 0.5) is 0 Å². The van der Waals surface area contributed by atoms with E-state index in [0.29, 0.717) is 0 Å². The lowest BCUT2D eigenvalue weighted by molar-refractivity contribution is -0.120. The minimum atomic E-state index is -3.09. The third-order valence-electron chi connectivity index (χ3n) is 2.66. The normalized spacial score (nSPS) is 22.3. The lowest BCUT2D eigenvalue weighted by Gasteiger charge is -2.21. The Morgan fingerprint density at radius 1 is 1.50 bits per heavy atom. The number of sulfone groups is 1. The molecule has 6 heteroatoms. The molecule has 0 aromatic carbocycles. The van der Waals surface area contributed by atoms with E-state index in [2.05, 4.69) is 5.32 Å². The van der Waals surface area contributed by atoms with Crippen molar-refractivity contribution in [1.82, 2.24) is 5.32 Å². The molecule has 1 saturated heterocycles. The molecule has 1 aliphatic heterocycles. The van der Waals surface area contributed by atoms with Crippen molar-refractivity contribution in [2.75, 3.05) is 23.8 Å². The van der Waals surface area contributed by atoms with Crippen LogP contribution in [0.25, 0.3) is 0 Å². The van der Waals surface area contributed by atoms with E-state index in [1.54, 1.807) is 25.6 Å². The Morgan fingerprint density at radius 2 is 2.19 bits per heavy atom. The van der Waals surface area contributed by atoms with Crippen molar-refractivity contribution < 1.29 is 13.2 Å². The maximum absolute atomic E-state index is 11.7. The van der Waals surface area contributed by atoms with Gasteiger partial charge in [-0.2, -0.15) is 11.8 Å². The number of carbonyl (C=O) groups excluding carboxylic acids is 1. The number of thioether (sulfide) groups is 1. The molecule has 0 bridgehead atoms. The molecular formula is C10H19NO3S2. The molecule has 0 aromatic rings. The molecule has 94 valence electrons. The second-order valence-electron chi connectivity index (χ2n) is 4.21. The Balaban J connectivity index is 2.40. The molecule has 1 N–H and O–H groups in total. The summed E-state index contributed by atoms with van der Waals surface area (Å²) < 4.78 is 23.1. The van der Waals surface area contributed by atoms with Gasteiger partial charge in [0.25, 0.3) is 0 Å². The summed E-state index contributed by atoms with van der Waals surface area (Å²) in [5, 5.41) is 2.72. The largest absolute Gasteiger partial charge is 0.306 e. The van der Waals surface area contributed by atoms with Gasteiger partial charge >= 0.3 is 0 Å². The van der Waals surface area contributed by atoms with Gasteiger partial charge in [-0.25, -0.2) is 8.42 Å². The van der Waals surface area contributed by atoms with E-state index in [-0.39, 0.29) is 24.0 Å². The second kappa shape index (κ2) is 6.02. The van der Waals surface area contributed by atoms with Crippen LogP contribution in [0.5, 0.6) is 0 Å². The minimum Gasteiger partial charge on any atom is -0.306 e. The van der Waals surface area contributed by atoms with E-state index >= 15 is 0 Å². The van der Waals surface area contributed by atoms with Gasteiger partial charge in [0.05, 0.1) is 17.0 Å². The zero-order valence-corrected chi connectivity index (χ0v) is 11.4. The molecule has 1 atom stereocenters. The van der Waals surface area contributed by atoms with Gasteiger partial charge in [-0.05, 0) is 13.8 Å². The minimum absolute atomic E-state index is 0.0215. The number of carbonyl (C=O) groups is 1. The molecule has 0 amide bonds. The van der Waals surface area contributed by atoms with Crippen molar-refractivity contribution in [1.29, 1.82) is 0 Å². The Bertz CT molecular complexity index is 332. The Labute approximate surface area is 101 Å². The fourth-order valence-corrected chi connectivity index (χ4v) is 3.35.